The molecule has 0 aliphatic rings. The van der Waals surface area contributed by atoms with E-state index in [0.717, 1.165) is 19.6 Å². The van der Waals surface area contributed by atoms with Gasteiger partial charge < -0.3 is 11.1 Å². The molecule has 4 nitrogen and oxygen atoms in total. The van der Waals surface area contributed by atoms with Crippen molar-refractivity contribution in [2.45, 2.75) is 19.9 Å². The van der Waals surface area contributed by atoms with Crippen molar-refractivity contribution >= 4 is 0 Å². The van der Waals surface area contributed by atoms with E-state index in [1.807, 2.05) is 5.01 Å². The summed E-state index contributed by atoms with van der Waals surface area (Å²) in [4.78, 5) is 0. The predicted octanol–water partition coefficient (Wildman–Crippen LogP) is -0.881. The van der Waals surface area contributed by atoms with E-state index in [2.05, 4.69) is 19.2 Å². The minimum absolute atomic E-state index is 0.412. The monoisotopic (exact) mass is 160 g/mol. The second kappa shape index (κ2) is 6.54. The smallest absolute Gasteiger partial charge is 0.0256 e. The van der Waals surface area contributed by atoms with Gasteiger partial charge in [-0.25, -0.2) is 5.01 Å². The van der Waals surface area contributed by atoms with Gasteiger partial charge in [0.1, 0.15) is 0 Å². The second-order valence-electron chi connectivity index (χ2n) is 2.87. The van der Waals surface area contributed by atoms with Gasteiger partial charge in [-0.1, -0.05) is 0 Å². The number of nitrogens with zero attached hydrogens (tertiary/aromatic N) is 1. The van der Waals surface area contributed by atoms with E-state index in [4.69, 9.17) is 11.6 Å². The van der Waals surface area contributed by atoms with Crippen LogP contribution in [0, 0.1) is 0 Å². The van der Waals surface area contributed by atoms with Crippen LogP contribution in [0.25, 0.3) is 0 Å². The zero-order chi connectivity index (χ0) is 8.69. The van der Waals surface area contributed by atoms with Gasteiger partial charge >= 0.3 is 0 Å². The highest BCUT2D eigenvalue weighted by molar-refractivity contribution is 4.56. The summed E-state index contributed by atoms with van der Waals surface area (Å²) in [7, 11) is 0. The molecule has 0 amide bonds. The van der Waals surface area contributed by atoms with Gasteiger partial charge in [0.05, 0.1) is 0 Å². The first-order chi connectivity index (χ1) is 5.18. The van der Waals surface area contributed by atoms with Crippen LogP contribution in [-0.4, -0.2) is 37.2 Å². The maximum Gasteiger partial charge on any atom is 0.0256 e. The third-order valence-electron chi connectivity index (χ3n) is 1.53. The number of nitrogens with one attached hydrogen (secondary N) is 1. The lowest BCUT2D eigenvalue weighted by Crippen LogP contribution is -2.42. The topological polar surface area (TPSA) is 67.3 Å². The highest BCUT2D eigenvalue weighted by Gasteiger charge is 2.01. The summed E-state index contributed by atoms with van der Waals surface area (Å²) in [6.07, 6.45) is 0. The van der Waals surface area contributed by atoms with E-state index in [-0.39, 0.29) is 0 Å². The molecule has 0 spiro atoms. The normalized spacial score (nSPS) is 11.5. The average Bonchev–Trinajstić information content (AvgIpc) is 1.97. The van der Waals surface area contributed by atoms with Crippen LogP contribution in [0.4, 0.5) is 0 Å². The van der Waals surface area contributed by atoms with Crippen LogP contribution in [0.2, 0.25) is 0 Å². The first kappa shape index (κ1) is 10.8. The lowest BCUT2D eigenvalue weighted by Gasteiger charge is -2.20. The summed E-state index contributed by atoms with van der Waals surface area (Å²) in [6.45, 7) is 7.48. The summed E-state index contributed by atoms with van der Waals surface area (Å²) in [5, 5.41) is 4.98. The van der Waals surface area contributed by atoms with Crippen LogP contribution in [0.15, 0.2) is 0 Å². The summed E-state index contributed by atoms with van der Waals surface area (Å²) < 4.78 is 0. The van der Waals surface area contributed by atoms with E-state index < -0.39 is 0 Å². The molecule has 4 heteroatoms. The molecule has 0 saturated heterocycles. The third kappa shape index (κ3) is 6.25. The van der Waals surface area contributed by atoms with Crippen molar-refractivity contribution in [2.24, 2.45) is 11.6 Å². The summed E-state index contributed by atoms with van der Waals surface area (Å²) >= 11 is 0. The van der Waals surface area contributed by atoms with Crippen molar-refractivity contribution in [2.75, 3.05) is 26.2 Å². The Balaban J connectivity index is 3.10. The van der Waals surface area contributed by atoms with Crippen LogP contribution in [-0.2, 0) is 0 Å². The van der Waals surface area contributed by atoms with Crippen LogP contribution < -0.4 is 16.9 Å². The van der Waals surface area contributed by atoms with Gasteiger partial charge in [0.25, 0.3) is 0 Å². The Morgan fingerprint density at radius 1 is 1.36 bits per heavy atom. The third-order valence-corrected chi connectivity index (χ3v) is 1.53. The highest BCUT2D eigenvalue weighted by Crippen LogP contribution is 1.86. The Morgan fingerprint density at radius 2 is 2.00 bits per heavy atom. The molecule has 0 radical (unpaired) electrons. The molecule has 0 rings (SSSR count). The molecule has 5 N–H and O–H groups in total. The van der Waals surface area contributed by atoms with Gasteiger partial charge in [-0.05, 0) is 13.8 Å². The van der Waals surface area contributed by atoms with Crippen LogP contribution in [0.5, 0.6) is 0 Å². The maximum absolute atomic E-state index is 5.66. The molecule has 68 valence electrons. The van der Waals surface area contributed by atoms with Crippen molar-refractivity contribution in [3.63, 3.8) is 0 Å². The maximum atomic E-state index is 5.66. The zero-order valence-electron chi connectivity index (χ0n) is 7.51. The quantitative estimate of drug-likeness (QED) is 0.268. The van der Waals surface area contributed by atoms with Gasteiger partial charge in [0.2, 0.25) is 0 Å². The summed E-state index contributed by atoms with van der Waals surface area (Å²) in [6, 6.07) is 0.412. The molecule has 0 aliphatic carbocycles. The molecule has 0 aliphatic heterocycles. The standard InChI is InChI=1S/C7H20N4/c1-7(2)11(9)6-5-10-4-3-8/h7,10H,3-6,8-9H2,1-2H3. The molecule has 0 saturated carbocycles. The molecular weight excluding hydrogens is 140 g/mol. The van der Waals surface area contributed by atoms with E-state index >= 15 is 0 Å². The number of hydrazine groups is 1. The Labute approximate surface area is 68.9 Å². The average molecular weight is 160 g/mol. The van der Waals surface area contributed by atoms with E-state index in [1.54, 1.807) is 0 Å². The lowest BCUT2D eigenvalue weighted by molar-refractivity contribution is 0.228. The minimum atomic E-state index is 0.412. The van der Waals surface area contributed by atoms with Crippen molar-refractivity contribution in [1.29, 1.82) is 0 Å². The molecule has 11 heavy (non-hydrogen) atoms. The van der Waals surface area contributed by atoms with Gasteiger partial charge in [0, 0.05) is 32.2 Å². The molecule has 0 heterocycles. The molecule has 0 aromatic rings. The van der Waals surface area contributed by atoms with Crippen molar-refractivity contribution in [3.8, 4) is 0 Å². The van der Waals surface area contributed by atoms with Crippen molar-refractivity contribution in [3.05, 3.63) is 0 Å². The molecule has 0 atom stereocenters. The van der Waals surface area contributed by atoms with Crippen LogP contribution in [0.3, 0.4) is 0 Å². The first-order valence-corrected chi connectivity index (χ1v) is 4.10. The van der Waals surface area contributed by atoms with Gasteiger partial charge in [-0.15, -0.1) is 0 Å². The van der Waals surface area contributed by atoms with Crippen molar-refractivity contribution in [1.82, 2.24) is 10.3 Å². The Kier molecular flexibility index (Phi) is 6.45. The van der Waals surface area contributed by atoms with E-state index in [0.29, 0.717) is 12.6 Å². The Hall–Kier alpha value is -0.160. The van der Waals surface area contributed by atoms with E-state index in [9.17, 15) is 0 Å². The lowest BCUT2D eigenvalue weighted by atomic mass is 10.4. The molecule has 0 fully saturated rings. The second-order valence-corrected chi connectivity index (χ2v) is 2.87. The number of rotatable bonds is 6. The highest BCUT2D eigenvalue weighted by atomic mass is 15.4. The van der Waals surface area contributed by atoms with Gasteiger partial charge in [-0.2, -0.15) is 0 Å². The number of hydrogen-bond acceptors (Lipinski definition) is 4. The molecular formula is C7H20N4. The van der Waals surface area contributed by atoms with Crippen molar-refractivity contribution < 1.29 is 0 Å². The minimum Gasteiger partial charge on any atom is -0.329 e. The Bertz CT molecular complexity index is 84.5. The number of nitrogens with two attached hydrogens (primary N) is 2. The largest absolute Gasteiger partial charge is 0.329 e. The zero-order valence-corrected chi connectivity index (χ0v) is 7.51. The molecule has 0 unspecified atom stereocenters. The fourth-order valence-electron chi connectivity index (χ4n) is 0.693. The van der Waals surface area contributed by atoms with Gasteiger partial charge in [0.15, 0.2) is 0 Å². The predicted molar refractivity (Wildman–Crippen MR) is 48.0 cm³/mol. The first-order valence-electron chi connectivity index (χ1n) is 4.10. The molecule has 0 aromatic heterocycles. The van der Waals surface area contributed by atoms with Crippen LogP contribution in [0.1, 0.15) is 13.8 Å². The number of hydrogen-bond donors (Lipinski definition) is 3. The summed E-state index contributed by atoms with van der Waals surface area (Å²) in [5.74, 6) is 5.66. The molecule has 0 bridgehead atoms. The SMILES string of the molecule is CC(C)N(N)CCNCCN. The summed E-state index contributed by atoms with van der Waals surface area (Å²) in [5.41, 5.74) is 5.30. The van der Waals surface area contributed by atoms with E-state index in [1.165, 1.54) is 0 Å². The fraction of sp³-hybridized carbons (Fsp3) is 1.00. The molecule has 0 aromatic carbocycles. The Morgan fingerprint density at radius 3 is 2.45 bits per heavy atom. The fourth-order valence-corrected chi connectivity index (χ4v) is 0.693. The van der Waals surface area contributed by atoms with Gasteiger partial charge in [-0.3, -0.25) is 5.84 Å². The van der Waals surface area contributed by atoms with Crippen LogP contribution >= 0.6 is 0 Å².